The number of hydrogen-bond acceptors (Lipinski definition) is 2. The Labute approximate surface area is 127 Å². The van der Waals surface area contributed by atoms with Crippen LogP contribution in [0.4, 0.5) is 0 Å². The van der Waals surface area contributed by atoms with Crippen LogP contribution < -0.4 is 5.32 Å². The first-order chi connectivity index (χ1) is 9.74. The van der Waals surface area contributed by atoms with E-state index in [2.05, 4.69) is 28.9 Å². The van der Waals surface area contributed by atoms with Crippen LogP contribution in [0.2, 0.25) is 5.02 Å². The van der Waals surface area contributed by atoms with Gasteiger partial charge in [-0.15, -0.1) is 0 Å². The van der Waals surface area contributed by atoms with E-state index < -0.39 is 0 Å². The molecule has 2 aliphatic carbocycles. The molecule has 112 valence electrons. The average molecular weight is 296 g/mol. The second-order valence-electron chi connectivity index (χ2n) is 6.46. The van der Waals surface area contributed by atoms with Crippen molar-refractivity contribution in [3.8, 4) is 0 Å². The lowest BCUT2D eigenvalue weighted by Crippen LogP contribution is -2.33. The van der Waals surface area contributed by atoms with E-state index in [4.69, 9.17) is 11.6 Å². The number of nitrogens with zero attached hydrogens (tertiary/aromatic N) is 2. The van der Waals surface area contributed by atoms with Crippen molar-refractivity contribution in [1.29, 1.82) is 0 Å². The van der Waals surface area contributed by atoms with Crippen molar-refractivity contribution < 1.29 is 0 Å². The molecule has 3 rings (SSSR count). The molecule has 0 radical (unpaired) electrons. The van der Waals surface area contributed by atoms with Crippen LogP contribution in [-0.4, -0.2) is 16.3 Å². The van der Waals surface area contributed by atoms with Crippen molar-refractivity contribution in [3.05, 3.63) is 16.9 Å². The fourth-order valence-electron chi connectivity index (χ4n) is 4.39. The van der Waals surface area contributed by atoms with Gasteiger partial charge in [0.15, 0.2) is 0 Å². The number of aryl methyl sites for hydroxylation is 1. The van der Waals surface area contributed by atoms with E-state index in [-0.39, 0.29) is 0 Å². The third kappa shape index (κ3) is 2.50. The van der Waals surface area contributed by atoms with Crippen LogP contribution in [0.1, 0.15) is 57.7 Å². The Balaban J connectivity index is 1.87. The van der Waals surface area contributed by atoms with Crippen LogP contribution in [0.5, 0.6) is 0 Å². The standard InChI is InChI=1S/C16H26ClN3/c1-3-7-18-15(13-9-11-5-6-12(13)8-11)16-14(17)10-19-20(16)4-2/h10-13,15,18H,3-9H2,1-2H3. The topological polar surface area (TPSA) is 29.9 Å². The first-order valence-electron chi connectivity index (χ1n) is 8.19. The monoisotopic (exact) mass is 295 g/mol. The van der Waals surface area contributed by atoms with E-state index in [1.54, 1.807) is 0 Å². The van der Waals surface area contributed by atoms with E-state index in [0.717, 1.165) is 42.3 Å². The SMILES string of the molecule is CCCNC(c1c(Cl)cnn1CC)C1CC2CCC1C2. The van der Waals surface area contributed by atoms with Gasteiger partial charge in [-0.05, 0) is 56.9 Å². The molecule has 20 heavy (non-hydrogen) atoms. The summed E-state index contributed by atoms with van der Waals surface area (Å²) in [6.07, 6.45) is 8.65. The zero-order chi connectivity index (χ0) is 14.1. The summed E-state index contributed by atoms with van der Waals surface area (Å²) in [7, 11) is 0. The molecule has 0 amide bonds. The Bertz CT molecular complexity index is 457. The zero-order valence-electron chi connectivity index (χ0n) is 12.6. The molecule has 1 heterocycles. The lowest BCUT2D eigenvalue weighted by molar-refractivity contribution is 0.241. The first-order valence-corrected chi connectivity index (χ1v) is 8.56. The van der Waals surface area contributed by atoms with Crippen LogP contribution in [-0.2, 0) is 6.54 Å². The molecule has 1 aromatic rings. The normalized spacial score (nSPS) is 30.1. The minimum atomic E-state index is 0.389. The van der Waals surface area contributed by atoms with Crippen molar-refractivity contribution in [2.75, 3.05) is 6.54 Å². The predicted octanol–water partition coefficient (Wildman–Crippen LogP) is 4.03. The Hall–Kier alpha value is -0.540. The molecule has 0 saturated heterocycles. The van der Waals surface area contributed by atoms with Gasteiger partial charge in [-0.1, -0.05) is 24.9 Å². The molecule has 2 fully saturated rings. The zero-order valence-corrected chi connectivity index (χ0v) is 13.4. The summed E-state index contributed by atoms with van der Waals surface area (Å²) in [5, 5.41) is 9.05. The molecule has 4 atom stereocenters. The largest absolute Gasteiger partial charge is 0.308 e. The first kappa shape index (κ1) is 14.4. The number of aromatic nitrogens is 2. The number of fused-ring (bicyclic) bond motifs is 2. The maximum atomic E-state index is 6.45. The minimum absolute atomic E-state index is 0.389. The molecule has 3 nitrogen and oxygen atoms in total. The molecule has 0 spiro atoms. The van der Waals surface area contributed by atoms with Gasteiger partial charge >= 0.3 is 0 Å². The number of rotatable bonds is 6. The summed E-state index contributed by atoms with van der Waals surface area (Å²) < 4.78 is 2.08. The second kappa shape index (κ2) is 6.07. The fourth-order valence-corrected chi connectivity index (χ4v) is 4.64. The molecule has 4 unspecified atom stereocenters. The summed E-state index contributed by atoms with van der Waals surface area (Å²) in [5.74, 6) is 2.61. The lowest BCUT2D eigenvalue weighted by atomic mass is 9.82. The third-order valence-electron chi connectivity index (χ3n) is 5.26. The van der Waals surface area contributed by atoms with E-state index >= 15 is 0 Å². The van der Waals surface area contributed by atoms with Crippen LogP contribution >= 0.6 is 11.6 Å². The molecule has 4 heteroatoms. The van der Waals surface area contributed by atoms with Crippen LogP contribution in [0.25, 0.3) is 0 Å². The summed E-state index contributed by atoms with van der Waals surface area (Å²) in [5.41, 5.74) is 1.22. The summed E-state index contributed by atoms with van der Waals surface area (Å²) in [6.45, 7) is 6.32. The van der Waals surface area contributed by atoms with Crippen molar-refractivity contribution in [2.24, 2.45) is 17.8 Å². The summed E-state index contributed by atoms with van der Waals surface area (Å²) >= 11 is 6.45. The van der Waals surface area contributed by atoms with Gasteiger partial charge in [-0.2, -0.15) is 5.10 Å². The van der Waals surface area contributed by atoms with Gasteiger partial charge in [0.25, 0.3) is 0 Å². The van der Waals surface area contributed by atoms with Crippen LogP contribution in [0, 0.1) is 17.8 Å². The van der Waals surface area contributed by atoms with Crippen LogP contribution in [0.3, 0.4) is 0 Å². The van der Waals surface area contributed by atoms with Gasteiger partial charge in [0.1, 0.15) is 0 Å². The molecule has 0 aromatic carbocycles. The van der Waals surface area contributed by atoms with Gasteiger partial charge in [0.05, 0.1) is 23.0 Å². The van der Waals surface area contributed by atoms with Crippen molar-refractivity contribution in [2.45, 2.75) is 58.5 Å². The summed E-state index contributed by atoms with van der Waals surface area (Å²) in [4.78, 5) is 0. The quantitative estimate of drug-likeness (QED) is 0.858. The Morgan fingerprint density at radius 2 is 2.25 bits per heavy atom. The molecule has 1 N–H and O–H groups in total. The predicted molar refractivity (Wildman–Crippen MR) is 82.9 cm³/mol. The molecule has 2 saturated carbocycles. The highest BCUT2D eigenvalue weighted by atomic mass is 35.5. The number of hydrogen-bond donors (Lipinski definition) is 1. The van der Waals surface area contributed by atoms with Crippen molar-refractivity contribution in [1.82, 2.24) is 15.1 Å². The molecule has 1 aromatic heterocycles. The lowest BCUT2D eigenvalue weighted by Gasteiger charge is -2.32. The average Bonchev–Trinajstić information content (AvgIpc) is 3.15. The summed E-state index contributed by atoms with van der Waals surface area (Å²) in [6, 6.07) is 0.389. The number of halogens is 1. The van der Waals surface area contributed by atoms with Crippen molar-refractivity contribution >= 4 is 11.6 Å². The molecular formula is C16H26ClN3. The van der Waals surface area contributed by atoms with Gasteiger partial charge in [0.2, 0.25) is 0 Å². The third-order valence-corrected chi connectivity index (χ3v) is 5.55. The van der Waals surface area contributed by atoms with Gasteiger partial charge in [-0.3, -0.25) is 4.68 Å². The van der Waals surface area contributed by atoms with E-state index in [9.17, 15) is 0 Å². The maximum absolute atomic E-state index is 6.45. The Kier molecular flexibility index (Phi) is 4.37. The van der Waals surface area contributed by atoms with Gasteiger partial charge in [-0.25, -0.2) is 0 Å². The van der Waals surface area contributed by atoms with Gasteiger partial charge < -0.3 is 5.32 Å². The second-order valence-corrected chi connectivity index (χ2v) is 6.87. The molecular weight excluding hydrogens is 270 g/mol. The minimum Gasteiger partial charge on any atom is -0.308 e. The Morgan fingerprint density at radius 3 is 2.85 bits per heavy atom. The maximum Gasteiger partial charge on any atom is 0.0834 e. The Morgan fingerprint density at radius 1 is 1.40 bits per heavy atom. The highest BCUT2D eigenvalue weighted by Crippen LogP contribution is 2.53. The number of nitrogens with one attached hydrogen (secondary N) is 1. The van der Waals surface area contributed by atoms with Crippen LogP contribution in [0.15, 0.2) is 6.20 Å². The van der Waals surface area contributed by atoms with E-state index in [1.165, 1.54) is 31.4 Å². The molecule has 2 aliphatic rings. The van der Waals surface area contributed by atoms with E-state index in [0.29, 0.717) is 6.04 Å². The van der Waals surface area contributed by atoms with E-state index in [1.807, 2.05) is 6.20 Å². The van der Waals surface area contributed by atoms with Crippen molar-refractivity contribution in [3.63, 3.8) is 0 Å². The fraction of sp³-hybridized carbons (Fsp3) is 0.812. The highest BCUT2D eigenvalue weighted by Gasteiger charge is 2.44. The molecule has 2 bridgehead atoms. The van der Waals surface area contributed by atoms with Gasteiger partial charge in [0, 0.05) is 6.54 Å². The molecule has 0 aliphatic heterocycles. The smallest absolute Gasteiger partial charge is 0.0834 e. The highest BCUT2D eigenvalue weighted by molar-refractivity contribution is 6.31.